The number of thioether (sulfide) groups is 1. The van der Waals surface area contributed by atoms with Gasteiger partial charge in [0.25, 0.3) is 0 Å². The van der Waals surface area contributed by atoms with Crippen molar-refractivity contribution in [3.8, 4) is 0 Å². The Morgan fingerprint density at radius 2 is 1.83 bits per heavy atom. The highest BCUT2D eigenvalue weighted by Gasteiger charge is 2.21. The van der Waals surface area contributed by atoms with E-state index in [-0.39, 0.29) is 24.1 Å². The zero-order valence-electron chi connectivity index (χ0n) is 17.4. The Bertz CT molecular complexity index is 1090. The molecule has 0 atom stereocenters. The van der Waals surface area contributed by atoms with Crippen molar-refractivity contribution >= 4 is 40.3 Å². The summed E-state index contributed by atoms with van der Waals surface area (Å²) in [5.74, 6) is 0.254. The molecule has 1 aliphatic heterocycles. The molecular weight excluding hydrogens is 396 g/mol. The van der Waals surface area contributed by atoms with Crippen molar-refractivity contribution in [2.24, 2.45) is 0 Å². The molecule has 4 rings (SSSR count). The second-order valence-electron chi connectivity index (χ2n) is 7.64. The van der Waals surface area contributed by atoms with Crippen molar-refractivity contribution in [1.82, 2.24) is 14.5 Å². The standard InChI is InChI=1S/C23H26N4O2S/c1-16-8-7-10-18(17(16)2)24-21(28)15-30-23-25-19-9-3-4-11-20(19)27(23)14-22(29)26-12-5-6-13-26/h3-4,7-11H,5-6,12-15H2,1-2H3,(H,24,28). The Morgan fingerprint density at radius 3 is 2.63 bits per heavy atom. The SMILES string of the molecule is Cc1cccc(NC(=O)CSc2nc3ccccc3n2CC(=O)N2CCCC2)c1C. The van der Waals surface area contributed by atoms with Crippen LogP contribution in [0.3, 0.4) is 0 Å². The van der Waals surface area contributed by atoms with Crippen LogP contribution >= 0.6 is 11.8 Å². The molecule has 0 aliphatic carbocycles. The van der Waals surface area contributed by atoms with E-state index >= 15 is 0 Å². The van der Waals surface area contributed by atoms with Crippen LogP contribution in [0.5, 0.6) is 0 Å². The van der Waals surface area contributed by atoms with Crippen LogP contribution in [0.4, 0.5) is 5.69 Å². The van der Waals surface area contributed by atoms with E-state index in [1.165, 1.54) is 11.8 Å². The van der Waals surface area contributed by atoms with Gasteiger partial charge in [-0.3, -0.25) is 9.59 Å². The molecule has 2 heterocycles. The number of hydrogen-bond acceptors (Lipinski definition) is 4. The highest BCUT2D eigenvalue weighted by Crippen LogP contribution is 2.25. The van der Waals surface area contributed by atoms with Gasteiger partial charge in [0.1, 0.15) is 6.54 Å². The van der Waals surface area contributed by atoms with E-state index in [9.17, 15) is 9.59 Å². The largest absolute Gasteiger partial charge is 0.341 e. The number of hydrogen-bond donors (Lipinski definition) is 1. The average molecular weight is 423 g/mol. The molecule has 1 saturated heterocycles. The Kier molecular flexibility index (Phi) is 6.08. The van der Waals surface area contributed by atoms with Crippen molar-refractivity contribution in [1.29, 1.82) is 0 Å². The van der Waals surface area contributed by atoms with Crippen LogP contribution in [-0.4, -0.2) is 45.1 Å². The number of nitrogens with one attached hydrogen (secondary N) is 1. The lowest BCUT2D eigenvalue weighted by atomic mass is 10.1. The van der Waals surface area contributed by atoms with E-state index in [0.717, 1.165) is 53.8 Å². The zero-order valence-corrected chi connectivity index (χ0v) is 18.2. The number of amides is 2. The monoisotopic (exact) mass is 422 g/mol. The van der Waals surface area contributed by atoms with Gasteiger partial charge in [0.15, 0.2) is 5.16 Å². The molecule has 30 heavy (non-hydrogen) atoms. The number of fused-ring (bicyclic) bond motifs is 1. The molecule has 1 fully saturated rings. The van der Waals surface area contributed by atoms with Gasteiger partial charge in [-0.1, -0.05) is 36.0 Å². The third-order valence-electron chi connectivity index (χ3n) is 5.58. The molecule has 0 spiro atoms. The van der Waals surface area contributed by atoms with Crippen molar-refractivity contribution in [3.63, 3.8) is 0 Å². The summed E-state index contributed by atoms with van der Waals surface area (Å²) in [4.78, 5) is 31.9. The van der Waals surface area contributed by atoms with Gasteiger partial charge in [-0.05, 0) is 56.0 Å². The fourth-order valence-electron chi connectivity index (χ4n) is 3.72. The average Bonchev–Trinajstić information content (AvgIpc) is 3.39. The molecule has 0 saturated carbocycles. The number of nitrogens with zero attached hydrogens (tertiary/aromatic N) is 3. The van der Waals surface area contributed by atoms with Crippen LogP contribution in [0.15, 0.2) is 47.6 Å². The molecule has 2 aromatic carbocycles. The number of aryl methyl sites for hydroxylation is 1. The topological polar surface area (TPSA) is 67.2 Å². The fraction of sp³-hybridized carbons (Fsp3) is 0.348. The number of benzene rings is 2. The summed E-state index contributed by atoms with van der Waals surface area (Å²) in [5.41, 5.74) is 4.80. The van der Waals surface area contributed by atoms with Crippen LogP contribution in [0.1, 0.15) is 24.0 Å². The number of para-hydroxylation sites is 2. The summed E-state index contributed by atoms with van der Waals surface area (Å²) in [6, 6.07) is 13.7. The van der Waals surface area contributed by atoms with Gasteiger partial charge in [-0.15, -0.1) is 0 Å². The molecule has 0 radical (unpaired) electrons. The van der Waals surface area contributed by atoms with Crippen molar-refractivity contribution < 1.29 is 9.59 Å². The van der Waals surface area contributed by atoms with E-state index in [1.807, 2.05) is 65.8 Å². The predicted molar refractivity (Wildman–Crippen MR) is 121 cm³/mol. The molecule has 1 aliphatic rings. The number of rotatable bonds is 6. The Balaban J connectivity index is 1.49. The minimum absolute atomic E-state index is 0.0850. The summed E-state index contributed by atoms with van der Waals surface area (Å²) in [6.07, 6.45) is 2.13. The van der Waals surface area contributed by atoms with Crippen LogP contribution in [-0.2, 0) is 16.1 Å². The molecule has 7 heteroatoms. The lowest BCUT2D eigenvalue weighted by molar-refractivity contribution is -0.130. The van der Waals surface area contributed by atoms with Crippen LogP contribution < -0.4 is 5.32 Å². The lowest BCUT2D eigenvalue weighted by Gasteiger charge is -2.17. The summed E-state index contributed by atoms with van der Waals surface area (Å²) >= 11 is 1.36. The predicted octanol–water partition coefficient (Wildman–Crippen LogP) is 4.01. The normalized spacial score (nSPS) is 13.7. The summed E-state index contributed by atoms with van der Waals surface area (Å²) in [5, 5.41) is 3.68. The summed E-state index contributed by atoms with van der Waals surface area (Å²) in [6.45, 7) is 5.93. The first kappa shape index (κ1) is 20.5. The maximum absolute atomic E-state index is 12.7. The first-order chi connectivity index (χ1) is 14.5. The van der Waals surface area contributed by atoms with E-state index in [1.54, 1.807) is 0 Å². The molecule has 156 valence electrons. The third-order valence-corrected chi connectivity index (χ3v) is 6.56. The lowest BCUT2D eigenvalue weighted by Crippen LogP contribution is -2.31. The van der Waals surface area contributed by atoms with Crippen molar-refractivity contribution in [2.45, 2.75) is 38.4 Å². The molecule has 3 aromatic rings. The summed E-state index contributed by atoms with van der Waals surface area (Å²) < 4.78 is 1.94. The quantitative estimate of drug-likeness (QED) is 0.610. The molecule has 1 N–H and O–H groups in total. The van der Waals surface area contributed by atoms with E-state index in [4.69, 9.17) is 0 Å². The minimum Gasteiger partial charge on any atom is -0.341 e. The molecule has 0 unspecified atom stereocenters. The first-order valence-corrected chi connectivity index (χ1v) is 11.2. The number of imidazole rings is 1. The van der Waals surface area contributed by atoms with Crippen LogP contribution in [0, 0.1) is 13.8 Å². The smallest absolute Gasteiger partial charge is 0.242 e. The molecule has 6 nitrogen and oxygen atoms in total. The maximum Gasteiger partial charge on any atom is 0.242 e. The van der Waals surface area contributed by atoms with Gasteiger partial charge in [0.05, 0.1) is 16.8 Å². The molecular formula is C23H26N4O2S. The molecule has 1 aromatic heterocycles. The van der Waals surface area contributed by atoms with Gasteiger partial charge in [-0.2, -0.15) is 0 Å². The number of anilines is 1. The first-order valence-electron chi connectivity index (χ1n) is 10.2. The Morgan fingerprint density at radius 1 is 1.07 bits per heavy atom. The van der Waals surface area contributed by atoms with E-state index in [2.05, 4.69) is 10.3 Å². The van der Waals surface area contributed by atoms with Crippen LogP contribution in [0.2, 0.25) is 0 Å². The van der Waals surface area contributed by atoms with E-state index < -0.39 is 0 Å². The highest BCUT2D eigenvalue weighted by atomic mass is 32.2. The van der Waals surface area contributed by atoms with Crippen LogP contribution in [0.25, 0.3) is 11.0 Å². The fourth-order valence-corrected chi connectivity index (χ4v) is 4.54. The zero-order chi connectivity index (χ0) is 21.1. The molecule has 0 bridgehead atoms. The number of carbonyl (C=O) groups is 2. The van der Waals surface area contributed by atoms with Gasteiger partial charge >= 0.3 is 0 Å². The third kappa shape index (κ3) is 4.36. The van der Waals surface area contributed by atoms with Crippen molar-refractivity contribution in [3.05, 3.63) is 53.6 Å². The minimum atomic E-state index is -0.0850. The number of aromatic nitrogens is 2. The summed E-state index contributed by atoms with van der Waals surface area (Å²) in [7, 11) is 0. The maximum atomic E-state index is 12.7. The van der Waals surface area contributed by atoms with Gasteiger partial charge in [0.2, 0.25) is 11.8 Å². The molecule has 2 amide bonds. The van der Waals surface area contributed by atoms with E-state index in [0.29, 0.717) is 5.16 Å². The van der Waals surface area contributed by atoms with Gasteiger partial charge in [-0.25, -0.2) is 4.98 Å². The highest BCUT2D eigenvalue weighted by molar-refractivity contribution is 7.99. The Hall–Kier alpha value is -2.80. The second kappa shape index (κ2) is 8.92. The van der Waals surface area contributed by atoms with Gasteiger partial charge < -0.3 is 14.8 Å². The number of carbonyl (C=O) groups excluding carboxylic acids is 2. The van der Waals surface area contributed by atoms with Crippen molar-refractivity contribution in [2.75, 3.05) is 24.2 Å². The van der Waals surface area contributed by atoms with Gasteiger partial charge in [0, 0.05) is 18.8 Å². The number of likely N-dealkylation sites (tertiary alicyclic amines) is 1. The Labute approximate surface area is 180 Å². The second-order valence-corrected chi connectivity index (χ2v) is 8.58.